The Labute approximate surface area is 113 Å². The normalized spacial score (nSPS) is 23.2. The molecule has 100 valence electrons. The van der Waals surface area contributed by atoms with Crippen molar-refractivity contribution >= 4 is 16.5 Å². The SMILES string of the molecule is CC(C)CN(c1nc2c(s1)C(O)CCC2)C1CC1. The zero-order valence-electron chi connectivity index (χ0n) is 11.2. The quantitative estimate of drug-likeness (QED) is 0.909. The first kappa shape index (κ1) is 12.4. The van der Waals surface area contributed by atoms with E-state index in [1.165, 1.54) is 12.8 Å². The highest BCUT2D eigenvalue weighted by atomic mass is 32.1. The number of hydrogen-bond acceptors (Lipinski definition) is 4. The zero-order valence-corrected chi connectivity index (χ0v) is 12.0. The van der Waals surface area contributed by atoms with Gasteiger partial charge >= 0.3 is 0 Å². The highest BCUT2D eigenvalue weighted by Crippen LogP contribution is 2.40. The van der Waals surface area contributed by atoms with Crippen molar-refractivity contribution in [2.75, 3.05) is 11.4 Å². The lowest BCUT2D eigenvalue weighted by Crippen LogP contribution is -2.29. The van der Waals surface area contributed by atoms with Crippen molar-refractivity contribution in [2.45, 2.75) is 58.1 Å². The fourth-order valence-corrected chi connectivity index (χ4v) is 3.88. The van der Waals surface area contributed by atoms with E-state index in [1.807, 2.05) is 0 Å². The molecule has 1 N–H and O–H groups in total. The van der Waals surface area contributed by atoms with Crippen LogP contribution in [0.4, 0.5) is 5.13 Å². The van der Waals surface area contributed by atoms with Crippen LogP contribution in [0.1, 0.15) is 56.2 Å². The van der Waals surface area contributed by atoms with E-state index in [-0.39, 0.29) is 6.10 Å². The molecule has 3 nitrogen and oxygen atoms in total. The average molecular weight is 266 g/mol. The molecule has 0 aromatic carbocycles. The van der Waals surface area contributed by atoms with Gasteiger partial charge in [0.15, 0.2) is 5.13 Å². The average Bonchev–Trinajstić information content (AvgIpc) is 3.05. The van der Waals surface area contributed by atoms with Crippen LogP contribution < -0.4 is 4.90 Å². The summed E-state index contributed by atoms with van der Waals surface area (Å²) in [6, 6.07) is 0.706. The standard InChI is InChI=1S/C14H22N2OS/c1-9(2)8-16(10-6-7-10)14-15-11-4-3-5-12(17)13(11)18-14/h9-10,12,17H,3-8H2,1-2H3. The van der Waals surface area contributed by atoms with Crippen molar-refractivity contribution in [3.63, 3.8) is 0 Å². The van der Waals surface area contributed by atoms with Crippen molar-refractivity contribution in [3.05, 3.63) is 10.6 Å². The summed E-state index contributed by atoms with van der Waals surface area (Å²) in [4.78, 5) is 8.40. The maximum Gasteiger partial charge on any atom is 0.186 e. The van der Waals surface area contributed by atoms with Crippen LogP contribution in [0.5, 0.6) is 0 Å². The molecule has 4 heteroatoms. The Morgan fingerprint density at radius 2 is 2.17 bits per heavy atom. The van der Waals surface area contributed by atoms with Gasteiger partial charge < -0.3 is 10.0 Å². The molecule has 18 heavy (non-hydrogen) atoms. The summed E-state index contributed by atoms with van der Waals surface area (Å²) in [7, 11) is 0. The van der Waals surface area contributed by atoms with Gasteiger partial charge in [0, 0.05) is 12.6 Å². The van der Waals surface area contributed by atoms with E-state index in [1.54, 1.807) is 11.3 Å². The Bertz CT molecular complexity index is 425. The third-order valence-electron chi connectivity index (χ3n) is 3.71. The van der Waals surface area contributed by atoms with Gasteiger partial charge in [0.2, 0.25) is 0 Å². The summed E-state index contributed by atoms with van der Waals surface area (Å²) < 4.78 is 0. The molecule has 0 amide bonds. The number of aromatic nitrogens is 1. The molecule has 1 atom stereocenters. The summed E-state index contributed by atoms with van der Waals surface area (Å²) in [6.45, 7) is 5.61. The summed E-state index contributed by atoms with van der Waals surface area (Å²) >= 11 is 1.73. The van der Waals surface area contributed by atoms with Gasteiger partial charge in [-0.1, -0.05) is 25.2 Å². The van der Waals surface area contributed by atoms with E-state index in [0.29, 0.717) is 12.0 Å². The van der Waals surface area contributed by atoms with Gasteiger partial charge in [0.05, 0.1) is 16.7 Å². The van der Waals surface area contributed by atoms with Crippen LogP contribution in [0.25, 0.3) is 0 Å². The maximum absolute atomic E-state index is 10.0. The zero-order chi connectivity index (χ0) is 12.7. The highest BCUT2D eigenvalue weighted by molar-refractivity contribution is 7.15. The number of aryl methyl sites for hydroxylation is 1. The third-order valence-corrected chi connectivity index (χ3v) is 4.94. The Morgan fingerprint density at radius 3 is 2.78 bits per heavy atom. The summed E-state index contributed by atoms with van der Waals surface area (Å²) in [5, 5.41) is 11.2. The first-order valence-corrected chi connectivity index (χ1v) is 7.91. The second kappa shape index (κ2) is 4.82. The van der Waals surface area contributed by atoms with Crippen molar-refractivity contribution < 1.29 is 5.11 Å². The molecule has 2 aliphatic carbocycles. The van der Waals surface area contributed by atoms with Gasteiger partial charge in [0.25, 0.3) is 0 Å². The number of thiazole rings is 1. The summed E-state index contributed by atoms with van der Waals surface area (Å²) in [5.74, 6) is 0.663. The Kier molecular flexibility index (Phi) is 3.32. The van der Waals surface area contributed by atoms with E-state index < -0.39 is 0 Å². The summed E-state index contributed by atoms with van der Waals surface area (Å²) in [5.41, 5.74) is 1.16. The van der Waals surface area contributed by atoms with Crippen LogP contribution in [0.3, 0.4) is 0 Å². The molecule has 0 aliphatic heterocycles. The second-order valence-corrected chi connectivity index (χ2v) is 7.00. The van der Waals surface area contributed by atoms with Crippen LogP contribution in [-0.4, -0.2) is 22.7 Å². The molecule has 0 radical (unpaired) electrons. The third kappa shape index (κ3) is 2.41. The number of nitrogens with zero attached hydrogens (tertiary/aromatic N) is 2. The van der Waals surface area contributed by atoms with Gasteiger partial charge in [-0.15, -0.1) is 0 Å². The van der Waals surface area contributed by atoms with Crippen LogP contribution >= 0.6 is 11.3 Å². The van der Waals surface area contributed by atoms with Crippen LogP contribution in [0, 0.1) is 5.92 Å². The molecule has 1 saturated carbocycles. The van der Waals surface area contributed by atoms with Crippen LogP contribution in [-0.2, 0) is 6.42 Å². The van der Waals surface area contributed by atoms with Gasteiger partial charge in [-0.05, 0) is 38.0 Å². The van der Waals surface area contributed by atoms with Crippen molar-refractivity contribution in [2.24, 2.45) is 5.92 Å². The smallest absolute Gasteiger partial charge is 0.186 e. The molecule has 0 spiro atoms. The van der Waals surface area contributed by atoms with E-state index >= 15 is 0 Å². The fourth-order valence-electron chi connectivity index (χ4n) is 2.67. The van der Waals surface area contributed by atoms with Crippen molar-refractivity contribution in [1.29, 1.82) is 0 Å². The Balaban J connectivity index is 1.85. The molecule has 1 unspecified atom stereocenters. The van der Waals surface area contributed by atoms with Gasteiger partial charge in [0.1, 0.15) is 0 Å². The number of rotatable bonds is 4. The first-order valence-electron chi connectivity index (χ1n) is 7.09. The van der Waals surface area contributed by atoms with E-state index in [0.717, 1.165) is 41.5 Å². The maximum atomic E-state index is 10.0. The lowest BCUT2D eigenvalue weighted by atomic mass is 10.0. The lowest BCUT2D eigenvalue weighted by Gasteiger charge is -2.23. The first-order chi connectivity index (χ1) is 8.65. The molecule has 0 saturated heterocycles. The Morgan fingerprint density at radius 1 is 1.39 bits per heavy atom. The number of hydrogen-bond donors (Lipinski definition) is 1. The molecule has 2 aliphatic rings. The van der Waals surface area contributed by atoms with E-state index in [2.05, 4.69) is 18.7 Å². The Hall–Kier alpha value is -0.610. The van der Waals surface area contributed by atoms with E-state index in [9.17, 15) is 5.11 Å². The minimum absolute atomic E-state index is 0.264. The molecular formula is C14H22N2OS. The van der Waals surface area contributed by atoms with Crippen LogP contribution in [0.2, 0.25) is 0 Å². The predicted molar refractivity (Wildman–Crippen MR) is 75.2 cm³/mol. The predicted octanol–water partition coefficient (Wildman–Crippen LogP) is 3.14. The van der Waals surface area contributed by atoms with Crippen molar-refractivity contribution in [3.8, 4) is 0 Å². The minimum atomic E-state index is -0.264. The largest absolute Gasteiger partial charge is 0.388 e. The highest BCUT2D eigenvalue weighted by Gasteiger charge is 2.33. The van der Waals surface area contributed by atoms with E-state index in [4.69, 9.17) is 4.98 Å². The molecule has 3 rings (SSSR count). The van der Waals surface area contributed by atoms with Gasteiger partial charge in [-0.2, -0.15) is 0 Å². The number of anilines is 1. The molecule has 1 aromatic rings. The van der Waals surface area contributed by atoms with Gasteiger partial charge in [-0.25, -0.2) is 4.98 Å². The number of aliphatic hydroxyl groups excluding tert-OH is 1. The van der Waals surface area contributed by atoms with Crippen molar-refractivity contribution in [1.82, 2.24) is 4.98 Å². The minimum Gasteiger partial charge on any atom is -0.388 e. The van der Waals surface area contributed by atoms with Crippen LogP contribution in [0.15, 0.2) is 0 Å². The molecule has 0 bridgehead atoms. The number of aliphatic hydroxyl groups is 1. The number of fused-ring (bicyclic) bond motifs is 1. The van der Waals surface area contributed by atoms with Gasteiger partial charge in [-0.3, -0.25) is 0 Å². The molecule has 1 aromatic heterocycles. The molecule has 1 fully saturated rings. The monoisotopic (exact) mass is 266 g/mol. The lowest BCUT2D eigenvalue weighted by molar-refractivity contribution is 0.160. The molecular weight excluding hydrogens is 244 g/mol. The molecule has 1 heterocycles. The second-order valence-electron chi connectivity index (χ2n) is 5.99. The topological polar surface area (TPSA) is 36.4 Å². The fraction of sp³-hybridized carbons (Fsp3) is 0.786. The summed E-state index contributed by atoms with van der Waals surface area (Å²) in [6.07, 6.45) is 5.37.